The number of nitriles is 1. The molecule has 1 saturated heterocycles. The summed E-state index contributed by atoms with van der Waals surface area (Å²) in [7, 11) is -0.542. The molecule has 0 aliphatic carbocycles. The third-order valence-corrected chi connectivity index (χ3v) is 4.75. The van der Waals surface area contributed by atoms with Crippen LogP contribution in [0.1, 0.15) is 58.6 Å². The Kier molecular flexibility index (Phi) is 4.14. The van der Waals surface area contributed by atoms with E-state index in [0.29, 0.717) is 10.6 Å². The molecule has 1 aromatic rings. The summed E-state index contributed by atoms with van der Waals surface area (Å²) in [6.45, 7) is 12.1. The van der Waals surface area contributed by atoms with E-state index in [4.69, 9.17) is 20.9 Å². The average Bonchev–Trinajstić information content (AvgIpc) is 2.57. The molecule has 112 valence electrons. The van der Waals surface area contributed by atoms with E-state index in [-0.39, 0.29) is 5.92 Å². The normalized spacial score (nSPS) is 19.9. The van der Waals surface area contributed by atoms with E-state index in [1.165, 1.54) is 0 Å². The highest BCUT2D eigenvalue weighted by molar-refractivity contribution is 6.63. The Hall–Kier alpha value is -1.02. The lowest BCUT2D eigenvalue weighted by atomic mass is 9.74. The summed E-state index contributed by atoms with van der Waals surface area (Å²) in [5.74, 6) is 0.270. The van der Waals surface area contributed by atoms with Gasteiger partial charge in [0.15, 0.2) is 0 Å². The van der Waals surface area contributed by atoms with Crippen molar-refractivity contribution in [3.8, 4) is 6.07 Å². The van der Waals surface area contributed by atoms with Gasteiger partial charge in [-0.15, -0.1) is 0 Å². The first-order valence-corrected chi connectivity index (χ1v) is 7.56. The molecule has 0 N–H and O–H groups in total. The first-order valence-electron chi connectivity index (χ1n) is 7.18. The molecular weight excluding hydrogens is 284 g/mol. The van der Waals surface area contributed by atoms with E-state index in [0.717, 1.165) is 11.0 Å². The van der Waals surface area contributed by atoms with Gasteiger partial charge in [-0.25, -0.2) is 0 Å². The van der Waals surface area contributed by atoms with Crippen LogP contribution in [-0.4, -0.2) is 18.3 Å². The van der Waals surface area contributed by atoms with Crippen LogP contribution in [0.15, 0.2) is 12.1 Å². The van der Waals surface area contributed by atoms with Crippen molar-refractivity contribution in [1.29, 1.82) is 5.26 Å². The van der Waals surface area contributed by atoms with Crippen molar-refractivity contribution in [2.75, 3.05) is 0 Å². The molecule has 0 aromatic heterocycles. The lowest BCUT2D eigenvalue weighted by molar-refractivity contribution is 0.00578. The van der Waals surface area contributed by atoms with E-state index in [9.17, 15) is 5.26 Å². The van der Waals surface area contributed by atoms with E-state index in [2.05, 4.69) is 19.9 Å². The fourth-order valence-corrected chi connectivity index (χ4v) is 2.69. The fourth-order valence-electron chi connectivity index (χ4n) is 2.31. The minimum atomic E-state index is -0.542. The zero-order chi connectivity index (χ0) is 16.0. The van der Waals surface area contributed by atoms with E-state index in [1.807, 2.05) is 33.8 Å². The molecule has 0 saturated carbocycles. The molecule has 0 spiro atoms. The van der Waals surface area contributed by atoms with Gasteiger partial charge in [0, 0.05) is 10.5 Å². The standard InChI is InChI=1S/C16H21BClNO2/c1-10(2)12-8-13(11(9-19)7-14(12)18)17-20-15(3,4)16(5,6)21-17/h7-8,10H,1-6H3. The molecule has 1 heterocycles. The third kappa shape index (κ3) is 2.83. The van der Waals surface area contributed by atoms with Gasteiger partial charge in [-0.05, 0) is 45.2 Å². The molecule has 3 nitrogen and oxygen atoms in total. The fraction of sp³-hybridized carbons (Fsp3) is 0.562. The molecule has 2 rings (SSSR count). The topological polar surface area (TPSA) is 42.2 Å². The van der Waals surface area contributed by atoms with Crippen molar-refractivity contribution in [3.05, 3.63) is 28.3 Å². The summed E-state index contributed by atoms with van der Waals surface area (Å²) in [6, 6.07) is 5.83. The SMILES string of the molecule is CC(C)c1cc(B2OC(C)(C)C(C)(C)O2)c(C#N)cc1Cl. The number of halogens is 1. The highest BCUT2D eigenvalue weighted by Gasteiger charge is 2.52. The third-order valence-electron chi connectivity index (χ3n) is 4.42. The van der Waals surface area contributed by atoms with Gasteiger partial charge in [0.05, 0.1) is 22.8 Å². The van der Waals surface area contributed by atoms with Gasteiger partial charge in [-0.1, -0.05) is 31.5 Å². The van der Waals surface area contributed by atoms with Crippen molar-refractivity contribution < 1.29 is 9.31 Å². The summed E-state index contributed by atoms with van der Waals surface area (Å²) in [5, 5.41) is 9.99. The number of hydrogen-bond acceptors (Lipinski definition) is 3. The van der Waals surface area contributed by atoms with Gasteiger partial charge in [0.1, 0.15) is 0 Å². The highest BCUT2D eigenvalue weighted by Crippen LogP contribution is 2.37. The van der Waals surface area contributed by atoms with Crippen LogP contribution in [0.5, 0.6) is 0 Å². The van der Waals surface area contributed by atoms with Crippen molar-refractivity contribution in [2.45, 2.75) is 58.7 Å². The Labute approximate surface area is 132 Å². The van der Waals surface area contributed by atoms with Crippen LogP contribution in [0.3, 0.4) is 0 Å². The van der Waals surface area contributed by atoms with Crippen LogP contribution in [0.25, 0.3) is 0 Å². The molecule has 0 atom stereocenters. The summed E-state index contributed by atoms with van der Waals surface area (Å²) in [6.07, 6.45) is 0. The Morgan fingerprint density at radius 2 is 1.67 bits per heavy atom. The number of rotatable bonds is 2. The predicted molar refractivity (Wildman–Crippen MR) is 86.0 cm³/mol. The van der Waals surface area contributed by atoms with Gasteiger partial charge in [0.2, 0.25) is 0 Å². The molecule has 1 fully saturated rings. The number of nitrogens with zero attached hydrogens (tertiary/aromatic N) is 1. The monoisotopic (exact) mass is 305 g/mol. The van der Waals surface area contributed by atoms with Crippen LogP contribution < -0.4 is 5.46 Å². The summed E-state index contributed by atoms with van der Waals surface area (Å²) in [4.78, 5) is 0. The Morgan fingerprint density at radius 1 is 1.14 bits per heavy atom. The number of hydrogen-bond donors (Lipinski definition) is 0. The lowest BCUT2D eigenvalue weighted by Gasteiger charge is -2.32. The molecule has 1 aromatic carbocycles. The minimum Gasteiger partial charge on any atom is -0.399 e. The van der Waals surface area contributed by atoms with Crippen LogP contribution in [0.2, 0.25) is 5.02 Å². The average molecular weight is 306 g/mol. The van der Waals surface area contributed by atoms with Crippen LogP contribution in [0, 0.1) is 11.3 Å². The van der Waals surface area contributed by atoms with Gasteiger partial charge in [-0.3, -0.25) is 0 Å². The summed E-state index contributed by atoms with van der Waals surface area (Å²) >= 11 is 6.26. The Bertz CT molecular complexity index is 589. The second-order valence-electron chi connectivity index (χ2n) is 6.82. The van der Waals surface area contributed by atoms with E-state index in [1.54, 1.807) is 6.07 Å². The second kappa shape index (κ2) is 5.32. The van der Waals surface area contributed by atoms with Crippen LogP contribution in [-0.2, 0) is 9.31 Å². The molecule has 1 aliphatic rings. The molecule has 0 unspecified atom stereocenters. The summed E-state index contributed by atoms with van der Waals surface area (Å²) in [5.41, 5.74) is 1.40. The Balaban J connectivity index is 2.50. The van der Waals surface area contributed by atoms with Gasteiger partial charge < -0.3 is 9.31 Å². The first kappa shape index (κ1) is 16.4. The molecule has 5 heteroatoms. The molecule has 1 aliphatic heterocycles. The van der Waals surface area contributed by atoms with E-state index >= 15 is 0 Å². The maximum atomic E-state index is 9.37. The smallest absolute Gasteiger partial charge is 0.399 e. The number of benzene rings is 1. The minimum absolute atomic E-state index is 0.270. The maximum absolute atomic E-state index is 9.37. The quantitative estimate of drug-likeness (QED) is 0.784. The maximum Gasteiger partial charge on any atom is 0.496 e. The van der Waals surface area contributed by atoms with Crippen molar-refractivity contribution in [1.82, 2.24) is 0 Å². The molecule has 0 amide bonds. The second-order valence-corrected chi connectivity index (χ2v) is 7.22. The van der Waals surface area contributed by atoms with E-state index < -0.39 is 18.3 Å². The molecule has 21 heavy (non-hydrogen) atoms. The molecular formula is C16H21BClNO2. The van der Waals surface area contributed by atoms with Crippen LogP contribution in [0.4, 0.5) is 0 Å². The van der Waals surface area contributed by atoms with Gasteiger partial charge >= 0.3 is 7.12 Å². The van der Waals surface area contributed by atoms with Crippen molar-refractivity contribution in [3.63, 3.8) is 0 Å². The summed E-state index contributed by atoms with van der Waals surface area (Å²) < 4.78 is 12.1. The molecule has 0 radical (unpaired) electrons. The lowest BCUT2D eigenvalue weighted by Crippen LogP contribution is -2.41. The van der Waals surface area contributed by atoms with Gasteiger partial charge in [0.25, 0.3) is 0 Å². The predicted octanol–water partition coefficient (Wildman–Crippen LogP) is 3.63. The zero-order valence-electron chi connectivity index (χ0n) is 13.5. The van der Waals surface area contributed by atoms with Crippen LogP contribution >= 0.6 is 11.6 Å². The zero-order valence-corrected chi connectivity index (χ0v) is 14.2. The van der Waals surface area contributed by atoms with Gasteiger partial charge in [-0.2, -0.15) is 5.26 Å². The largest absolute Gasteiger partial charge is 0.496 e. The first-order chi connectivity index (χ1) is 9.59. The highest BCUT2D eigenvalue weighted by atomic mass is 35.5. The molecule has 0 bridgehead atoms. The Morgan fingerprint density at radius 3 is 2.10 bits per heavy atom. The van der Waals surface area contributed by atoms with Crippen molar-refractivity contribution in [2.24, 2.45) is 0 Å². The van der Waals surface area contributed by atoms with Crippen molar-refractivity contribution >= 4 is 24.2 Å².